The second-order valence-electron chi connectivity index (χ2n) is 10.5. The predicted molar refractivity (Wildman–Crippen MR) is 169 cm³/mol. The molecule has 8 nitrogen and oxygen atoms in total. The summed E-state index contributed by atoms with van der Waals surface area (Å²) in [5.74, 6) is -0.310. The maximum atomic E-state index is 13.7. The Morgan fingerprint density at radius 3 is 1.41 bits per heavy atom. The van der Waals surface area contributed by atoms with Crippen LogP contribution < -0.4 is 0 Å². The van der Waals surface area contributed by atoms with Crippen molar-refractivity contribution in [1.29, 1.82) is 0 Å². The van der Waals surface area contributed by atoms with Gasteiger partial charge < -0.3 is 29.1 Å². The van der Waals surface area contributed by atoms with E-state index >= 15 is 0 Å². The van der Waals surface area contributed by atoms with Gasteiger partial charge in [0.2, 0.25) is 0 Å². The molecular weight excluding hydrogens is 556 g/mol. The van der Waals surface area contributed by atoms with E-state index in [4.69, 9.17) is 18.9 Å². The van der Waals surface area contributed by atoms with Gasteiger partial charge in [-0.15, -0.1) is 0 Å². The van der Waals surface area contributed by atoms with Crippen molar-refractivity contribution in [3.63, 3.8) is 0 Å². The first-order valence-corrected chi connectivity index (χ1v) is 14.6. The van der Waals surface area contributed by atoms with Crippen molar-refractivity contribution in [3.8, 4) is 0 Å². The van der Waals surface area contributed by atoms with Crippen molar-refractivity contribution < 1.29 is 28.9 Å². The Morgan fingerprint density at radius 2 is 1.00 bits per heavy atom. The zero-order valence-corrected chi connectivity index (χ0v) is 25.2. The molecule has 44 heavy (non-hydrogen) atoms. The van der Waals surface area contributed by atoms with Crippen LogP contribution in [0.1, 0.15) is 22.3 Å². The lowest BCUT2D eigenvalue weighted by atomic mass is 10.0. The van der Waals surface area contributed by atoms with Crippen LogP contribution in [0, 0.1) is 0 Å². The summed E-state index contributed by atoms with van der Waals surface area (Å²) in [6.07, 6.45) is -3.09. The molecule has 0 unspecified atom stereocenters. The van der Waals surface area contributed by atoms with Gasteiger partial charge >= 0.3 is 0 Å². The molecule has 0 radical (unpaired) electrons. The average Bonchev–Trinajstić information content (AvgIpc) is 3.07. The van der Waals surface area contributed by atoms with E-state index in [0.717, 1.165) is 22.3 Å². The quantitative estimate of drug-likeness (QED) is 0.0931. The van der Waals surface area contributed by atoms with Gasteiger partial charge in [0.25, 0.3) is 5.91 Å². The summed E-state index contributed by atoms with van der Waals surface area (Å²) in [5, 5.41) is 13.9. The maximum absolute atomic E-state index is 13.7. The molecule has 1 amide bonds. The summed E-state index contributed by atoms with van der Waals surface area (Å²) in [6, 6.07) is 38.6. The molecule has 8 heteroatoms. The third kappa shape index (κ3) is 10.1. The van der Waals surface area contributed by atoms with Crippen molar-refractivity contribution in [2.75, 3.05) is 20.7 Å². The molecule has 4 aromatic rings. The van der Waals surface area contributed by atoms with Crippen molar-refractivity contribution in [1.82, 2.24) is 4.90 Å². The monoisotopic (exact) mass is 596 g/mol. The van der Waals surface area contributed by atoms with Crippen LogP contribution >= 0.6 is 0 Å². The average molecular weight is 597 g/mol. The fourth-order valence-electron chi connectivity index (χ4n) is 4.58. The summed E-state index contributed by atoms with van der Waals surface area (Å²) in [6.45, 7) is 0.753. The number of amides is 1. The summed E-state index contributed by atoms with van der Waals surface area (Å²) in [5.41, 5.74) is 3.85. The van der Waals surface area contributed by atoms with Gasteiger partial charge in [-0.05, 0) is 22.3 Å². The smallest absolute Gasteiger partial charge is 0.254 e. The van der Waals surface area contributed by atoms with E-state index in [-0.39, 0.29) is 38.0 Å². The van der Waals surface area contributed by atoms with E-state index < -0.39 is 18.3 Å². The highest BCUT2D eigenvalue weighted by atomic mass is 16.6. The summed E-state index contributed by atoms with van der Waals surface area (Å²) >= 11 is 0. The molecule has 0 aliphatic carbocycles. The van der Waals surface area contributed by atoms with Gasteiger partial charge in [0.1, 0.15) is 17.9 Å². The van der Waals surface area contributed by atoms with E-state index in [0.29, 0.717) is 6.61 Å². The van der Waals surface area contributed by atoms with Crippen molar-refractivity contribution in [2.45, 2.75) is 44.7 Å². The van der Waals surface area contributed by atoms with Crippen LogP contribution in [0.2, 0.25) is 0 Å². The van der Waals surface area contributed by atoms with Crippen LogP contribution in [-0.4, -0.2) is 60.7 Å². The van der Waals surface area contributed by atoms with Gasteiger partial charge in [-0.1, -0.05) is 126 Å². The van der Waals surface area contributed by atoms with Crippen molar-refractivity contribution in [3.05, 3.63) is 144 Å². The van der Waals surface area contributed by atoms with Gasteiger partial charge in [0, 0.05) is 14.1 Å². The molecule has 0 aliphatic heterocycles. The molecule has 3 atom stereocenters. The Labute approximate surface area is 259 Å². The van der Waals surface area contributed by atoms with Crippen LogP contribution in [0.4, 0.5) is 0 Å². The first-order chi connectivity index (χ1) is 21.5. The lowest BCUT2D eigenvalue weighted by Crippen LogP contribution is -2.53. The van der Waals surface area contributed by atoms with Crippen LogP contribution in [0.25, 0.3) is 0 Å². The van der Waals surface area contributed by atoms with Crippen LogP contribution in [-0.2, 0) is 50.2 Å². The number of hydrogen-bond acceptors (Lipinski definition) is 7. The standard InChI is InChI=1S/C36H40N2O6/c1-38(2)36(39)35(44-26-31-21-13-6-14-22-31)34(43-25-30-19-11-5-12-20-30)33(42-24-29-17-9-4-10-18-29)32(37-40)27-41-23-28-15-7-3-8-16-28/h3-22,33-35,40H,23-27H2,1-2H3/t33-,34+,35-/m1/s1. The zero-order chi connectivity index (χ0) is 31.0. The van der Waals surface area contributed by atoms with Crippen LogP contribution in [0.15, 0.2) is 126 Å². The number of ether oxygens (including phenoxy) is 4. The molecule has 0 aliphatic rings. The Bertz CT molecular complexity index is 1400. The van der Waals surface area contributed by atoms with Gasteiger partial charge in [-0.3, -0.25) is 4.79 Å². The third-order valence-electron chi connectivity index (χ3n) is 6.93. The van der Waals surface area contributed by atoms with Gasteiger partial charge in [0.15, 0.2) is 6.10 Å². The van der Waals surface area contributed by atoms with Crippen LogP contribution in [0.3, 0.4) is 0 Å². The first kappa shape index (κ1) is 32.6. The zero-order valence-electron chi connectivity index (χ0n) is 25.2. The molecule has 0 spiro atoms. The summed E-state index contributed by atoms with van der Waals surface area (Å²) in [7, 11) is 3.33. The van der Waals surface area contributed by atoms with E-state index in [1.54, 1.807) is 14.1 Å². The molecule has 0 saturated carbocycles. The number of benzene rings is 4. The number of oxime groups is 1. The highest BCUT2D eigenvalue weighted by Gasteiger charge is 2.41. The third-order valence-corrected chi connectivity index (χ3v) is 6.93. The van der Waals surface area contributed by atoms with Gasteiger partial charge in [0.05, 0.1) is 33.0 Å². The van der Waals surface area contributed by atoms with E-state index in [1.165, 1.54) is 4.90 Å². The predicted octanol–water partition coefficient (Wildman–Crippen LogP) is 5.88. The Balaban J connectivity index is 1.67. The normalized spacial score (nSPS) is 13.6. The minimum atomic E-state index is -1.10. The SMILES string of the molecule is CN(C)C(=O)[C@H](OCc1ccccc1)[C@@H](OCc1ccccc1)[C@H](OCc1ccccc1)C(COCc1ccccc1)=NO. The molecule has 0 aromatic heterocycles. The van der Waals surface area contributed by atoms with E-state index in [9.17, 15) is 10.0 Å². The first-order valence-electron chi connectivity index (χ1n) is 14.6. The lowest BCUT2D eigenvalue weighted by molar-refractivity contribution is -0.167. The fourth-order valence-corrected chi connectivity index (χ4v) is 4.58. The molecule has 0 saturated heterocycles. The Morgan fingerprint density at radius 1 is 0.614 bits per heavy atom. The number of carbonyl (C=O) groups excluding carboxylic acids is 1. The second-order valence-corrected chi connectivity index (χ2v) is 10.5. The molecule has 1 N–H and O–H groups in total. The number of nitrogens with zero attached hydrogens (tertiary/aromatic N) is 2. The molecule has 230 valence electrons. The second kappa shape index (κ2) is 17.7. The van der Waals surface area contributed by atoms with Crippen molar-refractivity contribution in [2.24, 2.45) is 5.16 Å². The molecule has 4 aromatic carbocycles. The van der Waals surface area contributed by atoms with E-state index in [2.05, 4.69) is 5.16 Å². The molecule has 0 fully saturated rings. The van der Waals surface area contributed by atoms with Gasteiger partial charge in [-0.25, -0.2) is 0 Å². The van der Waals surface area contributed by atoms with Crippen molar-refractivity contribution >= 4 is 11.6 Å². The largest absolute Gasteiger partial charge is 0.411 e. The molecule has 0 heterocycles. The summed E-state index contributed by atoms with van der Waals surface area (Å²) < 4.78 is 25.3. The number of likely N-dealkylation sites (N-methyl/N-ethyl adjacent to an activating group) is 1. The number of rotatable bonds is 17. The Kier molecular flexibility index (Phi) is 13.1. The Hall–Kier alpha value is -4.34. The number of carbonyl (C=O) groups is 1. The lowest BCUT2D eigenvalue weighted by Gasteiger charge is -2.34. The number of hydrogen-bond donors (Lipinski definition) is 1. The van der Waals surface area contributed by atoms with Crippen LogP contribution in [0.5, 0.6) is 0 Å². The highest BCUT2D eigenvalue weighted by Crippen LogP contribution is 2.22. The summed E-state index contributed by atoms with van der Waals surface area (Å²) in [4.78, 5) is 15.2. The minimum absolute atomic E-state index is 0.0579. The molecule has 4 rings (SSSR count). The minimum Gasteiger partial charge on any atom is -0.411 e. The highest BCUT2D eigenvalue weighted by molar-refractivity contribution is 5.91. The fraction of sp³-hybridized carbons (Fsp3) is 0.278. The van der Waals surface area contributed by atoms with Gasteiger partial charge in [-0.2, -0.15) is 0 Å². The molecular formula is C36H40N2O6. The maximum Gasteiger partial charge on any atom is 0.254 e. The topological polar surface area (TPSA) is 89.8 Å². The van der Waals surface area contributed by atoms with E-state index in [1.807, 2.05) is 121 Å². The molecule has 0 bridgehead atoms.